The zero-order valence-electron chi connectivity index (χ0n) is 15.1. The summed E-state index contributed by atoms with van der Waals surface area (Å²) in [5, 5.41) is 8.89. The second-order valence-electron chi connectivity index (χ2n) is 6.72. The van der Waals surface area contributed by atoms with E-state index in [9.17, 15) is 0 Å². The number of fused-ring (bicyclic) bond motifs is 1. The van der Waals surface area contributed by atoms with E-state index in [0.717, 1.165) is 28.2 Å². The van der Waals surface area contributed by atoms with Gasteiger partial charge in [0.05, 0.1) is 11.4 Å². The maximum Gasteiger partial charge on any atom is 0.109 e. The maximum atomic E-state index is 4.52. The molecule has 0 amide bonds. The molecule has 0 aliphatic carbocycles. The molecule has 0 spiro atoms. The fourth-order valence-electron chi connectivity index (χ4n) is 3.43. The molecule has 5 rings (SSSR count). The van der Waals surface area contributed by atoms with Gasteiger partial charge in [0.25, 0.3) is 0 Å². The van der Waals surface area contributed by atoms with E-state index in [1.807, 2.05) is 29.8 Å². The summed E-state index contributed by atoms with van der Waals surface area (Å²) in [5.41, 5.74) is 7.51. The molecular weight excluding hydrogens is 352 g/mol. The highest BCUT2D eigenvalue weighted by Gasteiger charge is 2.13. The number of hydrogen-bond donors (Lipinski definition) is 2. The number of pyridine rings is 1. The first kappa shape index (κ1) is 16.0. The topological polar surface area (TPSA) is 57.4 Å². The minimum Gasteiger partial charge on any atom is -0.353 e. The average molecular weight is 370 g/mol. The van der Waals surface area contributed by atoms with Crippen molar-refractivity contribution in [3.05, 3.63) is 71.4 Å². The average Bonchev–Trinajstić information content (AvgIpc) is 3.40. The first-order valence-corrected chi connectivity index (χ1v) is 9.66. The molecule has 132 valence electrons. The highest BCUT2D eigenvalue weighted by atomic mass is 32.1. The number of aryl methyl sites for hydroxylation is 2. The van der Waals surface area contributed by atoms with E-state index in [1.54, 1.807) is 0 Å². The summed E-state index contributed by atoms with van der Waals surface area (Å²) in [6, 6.07) is 17.0. The smallest absolute Gasteiger partial charge is 0.109 e. The molecule has 5 aromatic rings. The van der Waals surface area contributed by atoms with Crippen molar-refractivity contribution in [2.75, 3.05) is 0 Å². The number of hydrogen-bond acceptors (Lipinski definition) is 3. The quantitative estimate of drug-likeness (QED) is 0.411. The van der Waals surface area contributed by atoms with E-state index in [1.165, 1.54) is 26.3 Å². The van der Waals surface area contributed by atoms with E-state index in [-0.39, 0.29) is 0 Å². The normalized spacial score (nSPS) is 11.3. The van der Waals surface area contributed by atoms with Crippen LogP contribution in [0.4, 0.5) is 0 Å². The Balaban J connectivity index is 1.60. The molecule has 0 aliphatic heterocycles. The molecule has 0 aliphatic rings. The number of nitrogens with one attached hydrogen (secondary N) is 2. The van der Waals surface area contributed by atoms with Crippen molar-refractivity contribution in [2.24, 2.45) is 0 Å². The fraction of sp³-hybridized carbons (Fsp3) is 0.0909. The van der Waals surface area contributed by atoms with E-state index in [0.29, 0.717) is 0 Å². The summed E-state index contributed by atoms with van der Waals surface area (Å²) < 4.78 is 0. The van der Waals surface area contributed by atoms with Gasteiger partial charge in [-0.1, -0.05) is 12.1 Å². The lowest BCUT2D eigenvalue weighted by atomic mass is 10.1. The predicted molar refractivity (Wildman–Crippen MR) is 112 cm³/mol. The molecule has 4 aromatic heterocycles. The molecular formula is C22H18N4S. The molecule has 4 heterocycles. The predicted octanol–water partition coefficient (Wildman–Crippen LogP) is 5.97. The van der Waals surface area contributed by atoms with Gasteiger partial charge in [0.15, 0.2) is 0 Å². The Morgan fingerprint density at radius 1 is 0.926 bits per heavy atom. The fourth-order valence-corrected chi connectivity index (χ4v) is 4.34. The Kier molecular flexibility index (Phi) is 3.69. The van der Waals surface area contributed by atoms with Crippen LogP contribution in [0.25, 0.3) is 44.0 Å². The molecule has 2 N–H and O–H groups in total. The van der Waals surface area contributed by atoms with Gasteiger partial charge in [-0.2, -0.15) is 5.10 Å². The lowest BCUT2D eigenvalue weighted by Gasteiger charge is -1.99. The molecule has 0 saturated carbocycles. The van der Waals surface area contributed by atoms with Gasteiger partial charge in [-0.05, 0) is 55.8 Å². The van der Waals surface area contributed by atoms with Gasteiger partial charge in [-0.25, -0.2) is 0 Å². The van der Waals surface area contributed by atoms with Crippen LogP contribution in [0.3, 0.4) is 0 Å². The van der Waals surface area contributed by atoms with Crippen molar-refractivity contribution in [3.8, 4) is 33.1 Å². The lowest BCUT2D eigenvalue weighted by molar-refractivity contribution is 1.09. The van der Waals surface area contributed by atoms with Crippen LogP contribution in [0.5, 0.6) is 0 Å². The van der Waals surface area contributed by atoms with Crippen molar-refractivity contribution in [1.82, 2.24) is 20.2 Å². The third kappa shape index (κ3) is 2.76. The first-order valence-electron chi connectivity index (χ1n) is 8.84. The molecule has 0 atom stereocenters. The van der Waals surface area contributed by atoms with Crippen molar-refractivity contribution in [3.63, 3.8) is 0 Å². The van der Waals surface area contributed by atoms with Crippen molar-refractivity contribution >= 4 is 22.2 Å². The van der Waals surface area contributed by atoms with Crippen LogP contribution in [0.15, 0.2) is 60.9 Å². The Morgan fingerprint density at radius 2 is 1.85 bits per heavy atom. The van der Waals surface area contributed by atoms with Crippen molar-refractivity contribution in [1.29, 1.82) is 0 Å². The van der Waals surface area contributed by atoms with Crippen LogP contribution in [0.1, 0.15) is 10.4 Å². The van der Waals surface area contributed by atoms with Crippen LogP contribution >= 0.6 is 11.3 Å². The van der Waals surface area contributed by atoms with E-state index < -0.39 is 0 Å². The van der Waals surface area contributed by atoms with Gasteiger partial charge in [-0.3, -0.25) is 10.1 Å². The van der Waals surface area contributed by atoms with Crippen molar-refractivity contribution < 1.29 is 0 Å². The summed E-state index contributed by atoms with van der Waals surface area (Å²) in [4.78, 5) is 10.4. The minimum atomic E-state index is 0.901. The Hall–Kier alpha value is -3.18. The zero-order chi connectivity index (χ0) is 18.4. The van der Waals surface area contributed by atoms with Gasteiger partial charge in [0, 0.05) is 44.2 Å². The van der Waals surface area contributed by atoms with Gasteiger partial charge in [-0.15, -0.1) is 11.3 Å². The number of rotatable bonds is 3. The number of H-pyrrole nitrogens is 2. The monoisotopic (exact) mass is 370 g/mol. The summed E-state index contributed by atoms with van der Waals surface area (Å²) in [6.45, 7) is 4.22. The number of thiophene rings is 1. The SMILES string of the molecule is Cc1ccc(-c2cccc3[nH]c(-c4cc(-c5cnccc5C)[nH]n4)cc23)s1. The zero-order valence-corrected chi connectivity index (χ0v) is 15.9. The van der Waals surface area contributed by atoms with Crippen LogP contribution in [-0.4, -0.2) is 20.2 Å². The molecule has 27 heavy (non-hydrogen) atoms. The van der Waals surface area contributed by atoms with Crippen LogP contribution in [0, 0.1) is 13.8 Å². The van der Waals surface area contributed by atoms with Crippen LogP contribution in [0.2, 0.25) is 0 Å². The first-order chi connectivity index (χ1) is 13.2. The Bertz CT molecular complexity index is 1260. The maximum absolute atomic E-state index is 4.52. The van der Waals surface area contributed by atoms with Gasteiger partial charge < -0.3 is 4.98 Å². The number of nitrogens with zero attached hydrogens (tertiary/aromatic N) is 2. The highest BCUT2D eigenvalue weighted by molar-refractivity contribution is 7.15. The van der Waals surface area contributed by atoms with E-state index >= 15 is 0 Å². The molecule has 1 aromatic carbocycles. The molecule has 0 radical (unpaired) electrons. The molecule has 5 heteroatoms. The lowest BCUT2D eigenvalue weighted by Crippen LogP contribution is -1.84. The second-order valence-corrected chi connectivity index (χ2v) is 8.01. The number of benzene rings is 1. The minimum absolute atomic E-state index is 0.901. The van der Waals surface area contributed by atoms with Crippen molar-refractivity contribution in [2.45, 2.75) is 13.8 Å². The molecule has 0 unspecified atom stereocenters. The summed E-state index contributed by atoms with van der Waals surface area (Å²) in [5.74, 6) is 0. The molecule has 0 fully saturated rings. The van der Waals surface area contributed by atoms with Crippen LogP contribution < -0.4 is 0 Å². The van der Waals surface area contributed by atoms with E-state index in [2.05, 4.69) is 76.5 Å². The second kappa shape index (κ2) is 6.21. The van der Waals surface area contributed by atoms with Gasteiger partial charge in [0.1, 0.15) is 5.69 Å². The Labute approximate surface area is 160 Å². The largest absolute Gasteiger partial charge is 0.353 e. The molecule has 0 bridgehead atoms. The molecule has 0 saturated heterocycles. The summed E-state index contributed by atoms with van der Waals surface area (Å²) >= 11 is 1.82. The summed E-state index contributed by atoms with van der Waals surface area (Å²) in [7, 11) is 0. The Morgan fingerprint density at radius 3 is 2.67 bits per heavy atom. The van der Waals surface area contributed by atoms with Crippen LogP contribution in [-0.2, 0) is 0 Å². The number of aromatic nitrogens is 4. The van der Waals surface area contributed by atoms with Gasteiger partial charge in [0.2, 0.25) is 0 Å². The molecule has 4 nitrogen and oxygen atoms in total. The summed E-state index contributed by atoms with van der Waals surface area (Å²) in [6.07, 6.45) is 3.68. The van der Waals surface area contributed by atoms with E-state index in [4.69, 9.17) is 0 Å². The highest BCUT2D eigenvalue weighted by Crippen LogP contribution is 2.36. The third-order valence-electron chi connectivity index (χ3n) is 4.85. The standard InChI is InChI=1S/C22H18N4S/c1-13-8-9-23-12-17(13)19-11-21(26-25-19)20-10-16-15(4-3-5-18(16)24-20)22-7-6-14(2)27-22/h3-12,24H,1-2H3,(H,25,26). The number of aromatic amines is 2. The van der Waals surface area contributed by atoms with Gasteiger partial charge >= 0.3 is 0 Å². The third-order valence-corrected chi connectivity index (χ3v) is 5.89.